The summed E-state index contributed by atoms with van der Waals surface area (Å²) < 4.78 is 1.54. The van der Waals surface area contributed by atoms with E-state index >= 15 is 0 Å². The van der Waals surface area contributed by atoms with Gasteiger partial charge in [-0.1, -0.05) is 35.5 Å². The first-order valence-corrected chi connectivity index (χ1v) is 9.19. The van der Waals surface area contributed by atoms with E-state index in [0.717, 1.165) is 19.3 Å². The summed E-state index contributed by atoms with van der Waals surface area (Å²) in [6.07, 6.45) is 2.98. The topological polar surface area (TPSA) is 80.1 Å². The van der Waals surface area contributed by atoms with Gasteiger partial charge in [-0.3, -0.25) is 9.59 Å². The smallest absolute Gasteiger partial charge is 0.276 e. The monoisotopic (exact) mass is 353 g/mol. The molecule has 0 aliphatic carbocycles. The van der Waals surface area contributed by atoms with Crippen LogP contribution in [0, 0.1) is 5.92 Å². The molecule has 1 atom stereocenters. The number of carbonyl (C=O) groups excluding carboxylic acids is 2. The molecule has 1 aromatic heterocycles. The van der Waals surface area contributed by atoms with E-state index in [1.54, 1.807) is 9.58 Å². The van der Waals surface area contributed by atoms with Crippen LogP contribution in [-0.4, -0.2) is 50.8 Å². The van der Waals surface area contributed by atoms with E-state index < -0.39 is 0 Å². The molecular weight excluding hydrogens is 330 g/mol. The highest BCUT2D eigenvalue weighted by molar-refractivity contribution is 6.05. The third-order valence-corrected chi connectivity index (χ3v) is 5.25. The van der Waals surface area contributed by atoms with Crippen molar-refractivity contribution >= 4 is 11.8 Å². The van der Waals surface area contributed by atoms with Gasteiger partial charge in [0.25, 0.3) is 11.8 Å². The summed E-state index contributed by atoms with van der Waals surface area (Å²) in [5, 5.41) is 10.9. The molecule has 0 saturated carbocycles. The maximum Gasteiger partial charge on any atom is 0.276 e. The van der Waals surface area contributed by atoms with Crippen molar-refractivity contribution in [3.63, 3.8) is 0 Å². The summed E-state index contributed by atoms with van der Waals surface area (Å²) in [6, 6.07) is 10.5. The molecule has 26 heavy (non-hydrogen) atoms. The van der Waals surface area contributed by atoms with Crippen LogP contribution < -0.4 is 5.32 Å². The van der Waals surface area contributed by atoms with E-state index in [1.165, 1.54) is 5.56 Å². The minimum atomic E-state index is -0.268. The number of amides is 2. The van der Waals surface area contributed by atoms with E-state index in [9.17, 15) is 9.59 Å². The van der Waals surface area contributed by atoms with Crippen LogP contribution in [0.3, 0.4) is 0 Å². The van der Waals surface area contributed by atoms with Crippen molar-refractivity contribution in [2.75, 3.05) is 13.1 Å². The summed E-state index contributed by atoms with van der Waals surface area (Å²) in [4.78, 5) is 26.9. The van der Waals surface area contributed by atoms with Crippen LogP contribution in [0.5, 0.6) is 0 Å². The van der Waals surface area contributed by atoms with Crippen molar-refractivity contribution in [2.24, 2.45) is 5.92 Å². The summed E-state index contributed by atoms with van der Waals surface area (Å²) in [6.45, 7) is 3.84. The van der Waals surface area contributed by atoms with E-state index in [4.69, 9.17) is 0 Å². The van der Waals surface area contributed by atoms with Gasteiger partial charge in [-0.25, -0.2) is 4.68 Å². The fraction of sp³-hybridized carbons (Fsp3) is 0.474. The highest BCUT2D eigenvalue weighted by Gasteiger charge is 2.33. The van der Waals surface area contributed by atoms with Crippen LogP contribution in [0.4, 0.5) is 0 Å². The van der Waals surface area contributed by atoms with Crippen LogP contribution in [0.25, 0.3) is 0 Å². The summed E-state index contributed by atoms with van der Waals surface area (Å²) in [7, 11) is 0. The van der Waals surface area contributed by atoms with Gasteiger partial charge in [0, 0.05) is 19.1 Å². The Kier molecular flexibility index (Phi) is 4.44. The van der Waals surface area contributed by atoms with Gasteiger partial charge >= 0.3 is 0 Å². The molecule has 2 aliphatic rings. The molecule has 0 unspecified atom stereocenters. The van der Waals surface area contributed by atoms with Gasteiger partial charge < -0.3 is 10.2 Å². The molecule has 0 spiro atoms. The van der Waals surface area contributed by atoms with Gasteiger partial charge in [-0.05, 0) is 37.7 Å². The number of aromatic nitrogens is 3. The van der Waals surface area contributed by atoms with E-state index in [2.05, 4.69) is 39.9 Å². The Balaban J connectivity index is 1.41. The second-order valence-corrected chi connectivity index (χ2v) is 7.27. The van der Waals surface area contributed by atoms with Gasteiger partial charge in [0.1, 0.15) is 0 Å². The summed E-state index contributed by atoms with van der Waals surface area (Å²) in [5.74, 6) is 0.129. The number of piperidine rings is 1. The van der Waals surface area contributed by atoms with Gasteiger partial charge in [0.2, 0.25) is 0 Å². The molecule has 0 bridgehead atoms. The number of nitrogens with one attached hydrogen (secondary N) is 1. The highest BCUT2D eigenvalue weighted by Crippen LogP contribution is 2.23. The fourth-order valence-electron chi connectivity index (χ4n) is 3.84. The molecule has 136 valence electrons. The number of benzene rings is 1. The van der Waals surface area contributed by atoms with Crippen LogP contribution in [0.15, 0.2) is 30.3 Å². The lowest BCUT2D eigenvalue weighted by Crippen LogP contribution is -2.44. The van der Waals surface area contributed by atoms with Crippen LogP contribution in [0.1, 0.15) is 46.3 Å². The number of likely N-dealkylation sites (tertiary alicyclic amines) is 1. The van der Waals surface area contributed by atoms with Crippen molar-refractivity contribution < 1.29 is 9.59 Å². The van der Waals surface area contributed by atoms with Crippen LogP contribution >= 0.6 is 0 Å². The van der Waals surface area contributed by atoms with E-state index in [0.29, 0.717) is 31.2 Å². The van der Waals surface area contributed by atoms with Crippen molar-refractivity contribution in [3.05, 3.63) is 47.3 Å². The first-order chi connectivity index (χ1) is 12.6. The van der Waals surface area contributed by atoms with Crippen LogP contribution in [0.2, 0.25) is 0 Å². The molecule has 0 radical (unpaired) electrons. The predicted molar refractivity (Wildman–Crippen MR) is 95.7 cm³/mol. The fourth-order valence-corrected chi connectivity index (χ4v) is 3.84. The van der Waals surface area contributed by atoms with E-state index in [-0.39, 0.29) is 23.6 Å². The normalized spacial score (nSPS) is 20.6. The zero-order chi connectivity index (χ0) is 18.1. The maximum atomic E-state index is 12.9. The molecule has 1 fully saturated rings. The largest absolute Gasteiger partial charge is 0.346 e. The van der Waals surface area contributed by atoms with Gasteiger partial charge in [0.05, 0.1) is 6.54 Å². The molecule has 1 N–H and O–H groups in total. The number of hydrogen-bond acceptors (Lipinski definition) is 4. The lowest BCUT2D eigenvalue weighted by atomic mass is 9.90. The number of nitrogens with zero attached hydrogens (tertiary/aromatic N) is 4. The molecule has 2 aromatic rings. The van der Waals surface area contributed by atoms with Crippen molar-refractivity contribution in [1.29, 1.82) is 0 Å². The number of rotatable bonds is 3. The molecular formula is C19H23N5O2. The molecule has 7 heteroatoms. The van der Waals surface area contributed by atoms with Gasteiger partial charge in [-0.15, -0.1) is 5.10 Å². The van der Waals surface area contributed by atoms with Crippen molar-refractivity contribution in [1.82, 2.24) is 25.2 Å². The summed E-state index contributed by atoms with van der Waals surface area (Å²) >= 11 is 0. The van der Waals surface area contributed by atoms with Crippen molar-refractivity contribution in [2.45, 2.75) is 38.8 Å². The number of carbonyl (C=O) groups is 2. The Bertz CT molecular complexity index is 809. The first-order valence-electron chi connectivity index (χ1n) is 9.19. The second kappa shape index (κ2) is 6.90. The number of fused-ring (bicyclic) bond motifs is 1. The molecule has 7 nitrogen and oxygen atoms in total. The zero-order valence-corrected chi connectivity index (χ0v) is 14.9. The molecule has 2 aliphatic heterocycles. The maximum absolute atomic E-state index is 12.9. The lowest BCUT2D eigenvalue weighted by Gasteiger charge is -2.32. The lowest BCUT2D eigenvalue weighted by molar-refractivity contribution is 0.0677. The SMILES string of the molecule is C[C@H]1Cn2nnc(C(=O)N3CCC(Cc4ccccc4)CC3)c2C(=O)N1. The standard InChI is InChI=1S/C19H23N5O2/c1-13-12-24-17(18(25)20-13)16(21-22-24)19(26)23-9-7-15(8-10-23)11-14-5-3-2-4-6-14/h2-6,13,15H,7-12H2,1H3,(H,20,25)/t13-/m0/s1. The quantitative estimate of drug-likeness (QED) is 0.907. The third-order valence-electron chi connectivity index (χ3n) is 5.25. The minimum absolute atomic E-state index is 0.00613. The molecule has 4 rings (SSSR count). The Morgan fingerprint density at radius 1 is 1.23 bits per heavy atom. The molecule has 2 amide bonds. The predicted octanol–water partition coefficient (Wildman–Crippen LogP) is 1.50. The average molecular weight is 353 g/mol. The van der Waals surface area contributed by atoms with Crippen LogP contribution in [-0.2, 0) is 13.0 Å². The summed E-state index contributed by atoms with van der Waals surface area (Å²) in [5.41, 5.74) is 1.81. The van der Waals surface area contributed by atoms with Gasteiger partial charge in [0.15, 0.2) is 11.4 Å². The Morgan fingerprint density at radius 2 is 1.96 bits per heavy atom. The zero-order valence-electron chi connectivity index (χ0n) is 14.9. The molecule has 1 aromatic carbocycles. The Labute approximate surface area is 152 Å². The molecule has 3 heterocycles. The average Bonchev–Trinajstić information content (AvgIpc) is 3.07. The Hall–Kier alpha value is -2.70. The Morgan fingerprint density at radius 3 is 2.69 bits per heavy atom. The third kappa shape index (κ3) is 3.21. The molecule has 1 saturated heterocycles. The first kappa shape index (κ1) is 16.8. The van der Waals surface area contributed by atoms with E-state index in [1.807, 2.05) is 13.0 Å². The van der Waals surface area contributed by atoms with Gasteiger partial charge in [-0.2, -0.15) is 0 Å². The van der Waals surface area contributed by atoms with Crippen molar-refractivity contribution in [3.8, 4) is 0 Å². The second-order valence-electron chi connectivity index (χ2n) is 7.27. The highest BCUT2D eigenvalue weighted by atomic mass is 16.2. The number of hydrogen-bond donors (Lipinski definition) is 1. The minimum Gasteiger partial charge on any atom is -0.346 e.